The summed E-state index contributed by atoms with van der Waals surface area (Å²) in [5.74, 6) is 0.376. The first-order valence-corrected chi connectivity index (χ1v) is 9.84. The third kappa shape index (κ3) is 5.18. The van der Waals surface area contributed by atoms with Crippen molar-refractivity contribution in [2.75, 3.05) is 25.1 Å². The molecule has 1 atom stereocenters. The summed E-state index contributed by atoms with van der Waals surface area (Å²) in [7, 11) is 0. The van der Waals surface area contributed by atoms with Crippen molar-refractivity contribution >= 4 is 47.4 Å². The number of imidazole rings is 1. The van der Waals surface area contributed by atoms with E-state index in [2.05, 4.69) is 34.0 Å². The maximum atomic E-state index is 13.7. The Morgan fingerprint density at radius 3 is 2.68 bits per heavy atom. The third-order valence-corrected chi connectivity index (χ3v) is 5.15. The largest absolute Gasteiger partial charge is 0.378 e. The van der Waals surface area contributed by atoms with Crippen molar-refractivity contribution in [3.8, 4) is 11.4 Å². The van der Waals surface area contributed by atoms with Gasteiger partial charge in [-0.1, -0.05) is 0 Å². The minimum atomic E-state index is -0.345. The molecule has 1 saturated heterocycles. The Kier molecular flexibility index (Phi) is 8.42. The maximum Gasteiger partial charge on any atom is 0.243 e. The number of carbonyl (C=O) groups is 1. The summed E-state index contributed by atoms with van der Waals surface area (Å²) >= 11 is 0. The quantitative estimate of drug-likeness (QED) is 0.591. The Balaban J connectivity index is 0.00000171. The van der Waals surface area contributed by atoms with Gasteiger partial charge in [0.25, 0.3) is 0 Å². The van der Waals surface area contributed by atoms with Crippen molar-refractivity contribution in [2.45, 2.75) is 32.9 Å². The molecule has 1 aliphatic rings. The lowest BCUT2D eigenvalue weighted by atomic mass is 10.1. The van der Waals surface area contributed by atoms with Crippen LogP contribution in [0.5, 0.6) is 0 Å². The number of morpholine rings is 1. The number of ether oxygens (including phenoxy) is 1. The van der Waals surface area contributed by atoms with Crippen LogP contribution in [0.1, 0.15) is 25.5 Å². The number of carbonyl (C=O) groups excluding carboxylic acids is 1. The van der Waals surface area contributed by atoms with Crippen LogP contribution in [0.15, 0.2) is 36.4 Å². The number of nitrogens with zero attached hydrogens (tertiary/aromatic N) is 2. The van der Waals surface area contributed by atoms with Gasteiger partial charge in [0.15, 0.2) is 0 Å². The molecule has 1 aromatic heterocycles. The van der Waals surface area contributed by atoms with Gasteiger partial charge >= 0.3 is 0 Å². The molecular weight excluding hydrogens is 442 g/mol. The monoisotopic (exact) mass is 468 g/mol. The van der Waals surface area contributed by atoms with Crippen LogP contribution in [-0.4, -0.2) is 41.3 Å². The van der Waals surface area contributed by atoms with Gasteiger partial charge in [-0.3, -0.25) is 4.79 Å². The highest BCUT2D eigenvalue weighted by atomic mass is 35.5. The van der Waals surface area contributed by atoms with Gasteiger partial charge in [0.1, 0.15) is 17.7 Å². The van der Waals surface area contributed by atoms with Crippen LogP contribution in [0.3, 0.4) is 0 Å². The second kappa shape index (κ2) is 10.4. The van der Waals surface area contributed by atoms with E-state index in [-0.39, 0.29) is 48.6 Å². The van der Waals surface area contributed by atoms with Gasteiger partial charge in [0.05, 0.1) is 24.2 Å². The molecule has 0 radical (unpaired) electrons. The van der Waals surface area contributed by atoms with Crippen molar-refractivity contribution in [3.63, 3.8) is 0 Å². The molecule has 1 unspecified atom stereocenters. The van der Waals surface area contributed by atoms with E-state index in [1.165, 1.54) is 12.1 Å². The van der Waals surface area contributed by atoms with E-state index in [1.807, 2.05) is 25.1 Å². The SMILES string of the molecule is Cc1cc(-c2nc3cc(F)ccc3n2C(C)C)ccc1NC(=O)C1COCCN1.Cl.Cl. The number of anilines is 1. The van der Waals surface area contributed by atoms with Gasteiger partial charge < -0.3 is 19.9 Å². The van der Waals surface area contributed by atoms with E-state index in [9.17, 15) is 9.18 Å². The zero-order valence-electron chi connectivity index (χ0n) is 17.6. The number of amides is 1. The molecule has 1 aliphatic heterocycles. The molecular formula is C22H27Cl2FN4O2. The van der Waals surface area contributed by atoms with E-state index in [1.54, 1.807) is 6.07 Å². The minimum absolute atomic E-state index is 0. The van der Waals surface area contributed by atoms with E-state index in [0.29, 0.717) is 25.3 Å². The maximum absolute atomic E-state index is 13.7. The second-order valence-electron chi connectivity index (χ2n) is 7.63. The van der Waals surface area contributed by atoms with Gasteiger partial charge in [-0.2, -0.15) is 0 Å². The fraction of sp³-hybridized carbons (Fsp3) is 0.364. The van der Waals surface area contributed by atoms with Gasteiger partial charge in [-0.25, -0.2) is 9.37 Å². The van der Waals surface area contributed by atoms with E-state index < -0.39 is 0 Å². The topological polar surface area (TPSA) is 68.2 Å². The van der Waals surface area contributed by atoms with Crippen LogP contribution < -0.4 is 10.6 Å². The van der Waals surface area contributed by atoms with Gasteiger partial charge in [-0.15, -0.1) is 24.8 Å². The Morgan fingerprint density at radius 2 is 2.03 bits per heavy atom. The predicted molar refractivity (Wildman–Crippen MR) is 126 cm³/mol. The number of rotatable bonds is 4. The van der Waals surface area contributed by atoms with E-state index in [0.717, 1.165) is 28.2 Å². The normalized spacial score (nSPS) is 16.0. The molecule has 1 fully saturated rings. The smallest absolute Gasteiger partial charge is 0.243 e. The molecule has 168 valence electrons. The van der Waals surface area contributed by atoms with Crippen LogP contribution >= 0.6 is 24.8 Å². The van der Waals surface area contributed by atoms with Crippen LogP contribution in [0.4, 0.5) is 10.1 Å². The molecule has 3 aromatic rings. The highest BCUT2D eigenvalue weighted by Crippen LogP contribution is 2.31. The lowest BCUT2D eigenvalue weighted by molar-refractivity contribution is -0.120. The number of hydrogen-bond acceptors (Lipinski definition) is 4. The van der Waals surface area contributed by atoms with Crippen molar-refractivity contribution in [3.05, 3.63) is 47.8 Å². The Labute approximate surface area is 193 Å². The van der Waals surface area contributed by atoms with Crippen LogP contribution in [0.2, 0.25) is 0 Å². The third-order valence-electron chi connectivity index (χ3n) is 5.15. The van der Waals surface area contributed by atoms with Gasteiger partial charge in [0, 0.05) is 29.9 Å². The molecule has 6 nitrogen and oxygen atoms in total. The Hall–Kier alpha value is -2.19. The number of benzene rings is 2. The highest BCUT2D eigenvalue weighted by molar-refractivity contribution is 5.96. The van der Waals surface area contributed by atoms with Crippen molar-refractivity contribution in [1.29, 1.82) is 0 Å². The molecule has 4 rings (SSSR count). The predicted octanol–water partition coefficient (Wildman–Crippen LogP) is 4.50. The van der Waals surface area contributed by atoms with Gasteiger partial charge in [0.2, 0.25) is 5.91 Å². The minimum Gasteiger partial charge on any atom is -0.378 e. The van der Waals surface area contributed by atoms with Crippen LogP contribution in [0, 0.1) is 12.7 Å². The Bertz CT molecular complexity index is 1070. The molecule has 0 aliphatic carbocycles. The molecule has 31 heavy (non-hydrogen) atoms. The fourth-order valence-corrected chi connectivity index (χ4v) is 3.69. The molecule has 2 heterocycles. The fourth-order valence-electron chi connectivity index (χ4n) is 3.69. The molecule has 0 spiro atoms. The molecule has 0 saturated carbocycles. The molecule has 9 heteroatoms. The number of nitrogens with one attached hydrogen (secondary N) is 2. The number of hydrogen-bond donors (Lipinski definition) is 2. The van der Waals surface area contributed by atoms with Crippen LogP contribution in [0.25, 0.3) is 22.4 Å². The molecule has 2 aromatic carbocycles. The first-order valence-electron chi connectivity index (χ1n) is 9.84. The first kappa shape index (κ1) is 25.1. The summed E-state index contributed by atoms with van der Waals surface area (Å²) in [6.07, 6.45) is 0. The van der Waals surface area contributed by atoms with E-state index in [4.69, 9.17) is 4.74 Å². The molecule has 0 bridgehead atoms. The van der Waals surface area contributed by atoms with Crippen molar-refractivity contribution in [1.82, 2.24) is 14.9 Å². The average molecular weight is 469 g/mol. The summed E-state index contributed by atoms with van der Waals surface area (Å²) in [4.78, 5) is 17.1. The zero-order valence-corrected chi connectivity index (χ0v) is 19.3. The lowest BCUT2D eigenvalue weighted by Crippen LogP contribution is -2.48. The zero-order chi connectivity index (χ0) is 20.5. The Morgan fingerprint density at radius 1 is 1.26 bits per heavy atom. The average Bonchev–Trinajstić information content (AvgIpc) is 3.09. The van der Waals surface area contributed by atoms with Crippen molar-refractivity contribution in [2.24, 2.45) is 0 Å². The summed E-state index contributed by atoms with van der Waals surface area (Å²) in [6, 6.07) is 10.3. The lowest BCUT2D eigenvalue weighted by Gasteiger charge is -2.23. The van der Waals surface area contributed by atoms with E-state index >= 15 is 0 Å². The summed E-state index contributed by atoms with van der Waals surface area (Å²) in [6.45, 7) is 7.77. The summed E-state index contributed by atoms with van der Waals surface area (Å²) in [5, 5.41) is 6.13. The highest BCUT2D eigenvalue weighted by Gasteiger charge is 2.22. The number of aromatic nitrogens is 2. The van der Waals surface area contributed by atoms with Gasteiger partial charge in [-0.05, 0) is 56.7 Å². The number of aryl methyl sites for hydroxylation is 1. The summed E-state index contributed by atoms with van der Waals surface area (Å²) in [5.41, 5.74) is 4.14. The number of halogens is 3. The second-order valence-corrected chi connectivity index (χ2v) is 7.63. The molecule has 2 N–H and O–H groups in total. The first-order chi connectivity index (χ1) is 13.9. The summed E-state index contributed by atoms with van der Waals surface area (Å²) < 4.78 is 21.1. The van der Waals surface area contributed by atoms with Crippen molar-refractivity contribution < 1.29 is 13.9 Å². The molecule has 1 amide bonds. The standard InChI is InChI=1S/C22H25FN4O2.2ClH/c1-13(2)27-20-7-5-16(23)11-18(20)25-21(27)15-4-6-17(14(3)10-15)26-22(28)19-12-29-9-8-24-19;;/h4-7,10-11,13,19,24H,8-9,12H2,1-3H3,(H,26,28);2*1H. The van der Waals surface area contributed by atoms with Crippen LogP contribution in [-0.2, 0) is 9.53 Å². The number of fused-ring (bicyclic) bond motifs is 1.